The van der Waals surface area contributed by atoms with Crippen LogP contribution >= 0.6 is 23.2 Å². The van der Waals surface area contributed by atoms with Gasteiger partial charge in [-0.1, -0.05) is 60.1 Å². The van der Waals surface area contributed by atoms with Gasteiger partial charge in [-0.25, -0.2) is 4.68 Å². The first-order valence-corrected chi connectivity index (χ1v) is 8.98. The SMILES string of the molecule is C=Cc1ccc(-c2cc(C(C)(C)O)nn2-c2c(Cl)cccc2Cl)c(C)c1. The molecule has 0 aliphatic heterocycles. The molecule has 2 aromatic carbocycles. The number of nitrogens with zero attached hydrogens (tertiary/aromatic N) is 2. The maximum absolute atomic E-state index is 10.5. The van der Waals surface area contributed by atoms with Crippen LogP contribution in [-0.4, -0.2) is 14.9 Å². The van der Waals surface area contributed by atoms with Gasteiger partial charge in [0.15, 0.2) is 0 Å². The van der Waals surface area contributed by atoms with E-state index in [4.69, 9.17) is 23.2 Å². The van der Waals surface area contributed by atoms with Crippen LogP contribution in [0.25, 0.3) is 23.0 Å². The zero-order valence-corrected chi connectivity index (χ0v) is 16.4. The van der Waals surface area contributed by atoms with E-state index in [1.807, 2.05) is 25.1 Å². The third-order valence-corrected chi connectivity index (χ3v) is 4.86. The predicted molar refractivity (Wildman–Crippen MR) is 109 cm³/mol. The molecule has 0 spiro atoms. The standard InChI is InChI=1S/C21H20Cl2N2O/c1-5-14-9-10-15(13(2)11-14)18-12-19(21(3,4)26)24-25(18)20-16(22)7-6-8-17(20)23/h5-12,26H,1H2,2-4H3. The van der Waals surface area contributed by atoms with Crippen LogP contribution in [-0.2, 0) is 5.60 Å². The van der Waals surface area contributed by atoms with Crippen molar-refractivity contribution in [1.82, 2.24) is 9.78 Å². The molecule has 0 radical (unpaired) electrons. The number of aromatic nitrogens is 2. The van der Waals surface area contributed by atoms with Crippen molar-refractivity contribution in [3.63, 3.8) is 0 Å². The zero-order chi connectivity index (χ0) is 19.1. The second kappa shape index (κ2) is 6.92. The topological polar surface area (TPSA) is 38.1 Å². The third kappa shape index (κ3) is 3.43. The van der Waals surface area contributed by atoms with E-state index < -0.39 is 5.60 Å². The van der Waals surface area contributed by atoms with Gasteiger partial charge >= 0.3 is 0 Å². The van der Waals surface area contributed by atoms with Gasteiger partial charge in [0.1, 0.15) is 11.3 Å². The molecule has 1 heterocycles. The number of aliphatic hydroxyl groups is 1. The molecule has 0 saturated heterocycles. The number of para-hydroxylation sites is 1. The first-order valence-electron chi connectivity index (χ1n) is 8.23. The van der Waals surface area contributed by atoms with Gasteiger partial charge in [-0.05, 0) is 50.1 Å². The number of benzene rings is 2. The summed E-state index contributed by atoms with van der Waals surface area (Å²) in [5.74, 6) is 0. The van der Waals surface area contributed by atoms with Gasteiger partial charge in [0.05, 0.1) is 21.4 Å². The van der Waals surface area contributed by atoms with Gasteiger partial charge in [0.2, 0.25) is 0 Å². The highest BCUT2D eigenvalue weighted by atomic mass is 35.5. The fourth-order valence-electron chi connectivity index (χ4n) is 2.83. The second-order valence-corrected chi connectivity index (χ2v) is 7.55. The molecule has 0 unspecified atom stereocenters. The predicted octanol–water partition coefficient (Wildman–Crippen LogP) is 6.02. The van der Waals surface area contributed by atoms with E-state index in [-0.39, 0.29) is 0 Å². The number of aryl methyl sites for hydroxylation is 1. The molecule has 0 saturated carbocycles. The van der Waals surface area contributed by atoms with Crippen LogP contribution < -0.4 is 0 Å². The lowest BCUT2D eigenvalue weighted by Crippen LogP contribution is -2.16. The van der Waals surface area contributed by atoms with E-state index in [2.05, 4.69) is 17.7 Å². The third-order valence-electron chi connectivity index (χ3n) is 4.25. The Labute approximate surface area is 163 Å². The van der Waals surface area contributed by atoms with Crippen LogP contribution in [0.15, 0.2) is 49.0 Å². The Morgan fingerprint density at radius 3 is 2.31 bits per heavy atom. The lowest BCUT2D eigenvalue weighted by atomic mass is 10.00. The van der Waals surface area contributed by atoms with Crippen LogP contribution in [0.4, 0.5) is 0 Å². The van der Waals surface area contributed by atoms with E-state index in [1.54, 1.807) is 42.8 Å². The Morgan fingerprint density at radius 1 is 1.12 bits per heavy atom. The summed E-state index contributed by atoms with van der Waals surface area (Å²) >= 11 is 12.8. The lowest BCUT2D eigenvalue weighted by Gasteiger charge is -2.14. The Morgan fingerprint density at radius 2 is 1.77 bits per heavy atom. The van der Waals surface area contributed by atoms with Gasteiger partial charge in [0.25, 0.3) is 0 Å². The van der Waals surface area contributed by atoms with E-state index in [0.717, 1.165) is 22.4 Å². The van der Waals surface area contributed by atoms with Crippen molar-refractivity contribution >= 4 is 29.3 Å². The summed E-state index contributed by atoms with van der Waals surface area (Å²) in [4.78, 5) is 0. The molecular weight excluding hydrogens is 367 g/mol. The average Bonchev–Trinajstić information content (AvgIpc) is 2.99. The molecule has 134 valence electrons. The van der Waals surface area contributed by atoms with Gasteiger partial charge in [-0.15, -0.1) is 0 Å². The summed E-state index contributed by atoms with van der Waals surface area (Å²) in [6.07, 6.45) is 1.81. The van der Waals surface area contributed by atoms with Gasteiger partial charge in [0, 0.05) is 5.56 Å². The summed E-state index contributed by atoms with van der Waals surface area (Å²) in [5, 5.41) is 16.0. The number of rotatable bonds is 4. The van der Waals surface area contributed by atoms with Gasteiger partial charge in [-0.3, -0.25) is 0 Å². The maximum atomic E-state index is 10.5. The Hall–Kier alpha value is -2.07. The van der Waals surface area contributed by atoms with Crippen molar-refractivity contribution in [2.75, 3.05) is 0 Å². The Kier molecular flexibility index (Phi) is 4.98. The first kappa shape index (κ1) is 18.7. The Bertz CT molecular complexity index is 964. The molecular formula is C21H20Cl2N2O. The summed E-state index contributed by atoms with van der Waals surface area (Å²) in [7, 11) is 0. The highest BCUT2D eigenvalue weighted by molar-refractivity contribution is 6.37. The summed E-state index contributed by atoms with van der Waals surface area (Å²) in [5.41, 5.74) is 3.93. The molecule has 5 heteroatoms. The molecule has 3 aromatic rings. The number of halogens is 2. The highest BCUT2D eigenvalue weighted by Crippen LogP contribution is 2.35. The van der Waals surface area contributed by atoms with Gasteiger partial charge in [-0.2, -0.15) is 5.10 Å². The van der Waals surface area contributed by atoms with Gasteiger partial charge < -0.3 is 5.11 Å². The van der Waals surface area contributed by atoms with Crippen LogP contribution in [0.3, 0.4) is 0 Å². The second-order valence-electron chi connectivity index (χ2n) is 6.73. The van der Waals surface area contributed by atoms with Crippen molar-refractivity contribution in [3.8, 4) is 16.9 Å². The van der Waals surface area contributed by atoms with Crippen LogP contribution in [0, 0.1) is 6.92 Å². The number of hydrogen-bond acceptors (Lipinski definition) is 2. The van der Waals surface area contributed by atoms with Crippen molar-refractivity contribution in [1.29, 1.82) is 0 Å². The van der Waals surface area contributed by atoms with Crippen LogP contribution in [0.2, 0.25) is 10.0 Å². The molecule has 0 amide bonds. The first-order chi connectivity index (χ1) is 12.2. The maximum Gasteiger partial charge on any atom is 0.103 e. The fraction of sp³-hybridized carbons (Fsp3) is 0.190. The lowest BCUT2D eigenvalue weighted by molar-refractivity contribution is 0.0734. The minimum atomic E-state index is -1.09. The normalized spacial score (nSPS) is 11.6. The minimum Gasteiger partial charge on any atom is -0.384 e. The summed E-state index contributed by atoms with van der Waals surface area (Å²) < 4.78 is 1.70. The van der Waals surface area contributed by atoms with E-state index in [0.29, 0.717) is 21.4 Å². The minimum absolute atomic E-state index is 0.490. The summed E-state index contributed by atoms with van der Waals surface area (Å²) in [6, 6.07) is 13.3. The van der Waals surface area contributed by atoms with Crippen molar-refractivity contribution in [3.05, 3.63) is 75.9 Å². The average molecular weight is 387 g/mol. The molecule has 0 bridgehead atoms. The van der Waals surface area contributed by atoms with E-state index >= 15 is 0 Å². The van der Waals surface area contributed by atoms with E-state index in [9.17, 15) is 5.11 Å². The van der Waals surface area contributed by atoms with Crippen molar-refractivity contribution < 1.29 is 5.11 Å². The fourth-order valence-corrected chi connectivity index (χ4v) is 3.39. The molecule has 3 rings (SSSR count). The number of hydrogen-bond donors (Lipinski definition) is 1. The molecule has 0 fully saturated rings. The van der Waals surface area contributed by atoms with Crippen LogP contribution in [0.1, 0.15) is 30.7 Å². The highest BCUT2D eigenvalue weighted by Gasteiger charge is 2.25. The molecule has 0 aliphatic carbocycles. The zero-order valence-electron chi connectivity index (χ0n) is 14.9. The van der Waals surface area contributed by atoms with Crippen molar-refractivity contribution in [2.24, 2.45) is 0 Å². The molecule has 3 nitrogen and oxygen atoms in total. The molecule has 0 atom stereocenters. The molecule has 1 aromatic heterocycles. The monoisotopic (exact) mass is 386 g/mol. The molecule has 1 N–H and O–H groups in total. The van der Waals surface area contributed by atoms with Crippen LogP contribution in [0.5, 0.6) is 0 Å². The quantitative estimate of drug-likeness (QED) is 0.594. The Balaban J connectivity index is 2.32. The summed E-state index contributed by atoms with van der Waals surface area (Å²) in [6.45, 7) is 9.24. The molecule has 26 heavy (non-hydrogen) atoms. The molecule has 0 aliphatic rings. The largest absolute Gasteiger partial charge is 0.384 e. The van der Waals surface area contributed by atoms with Crippen molar-refractivity contribution in [2.45, 2.75) is 26.4 Å². The smallest absolute Gasteiger partial charge is 0.103 e. The van der Waals surface area contributed by atoms with E-state index in [1.165, 1.54) is 0 Å².